The fraction of sp³-hybridized carbons (Fsp3) is 0.981. The molecule has 58 heavy (non-hydrogen) atoms. The zero-order chi connectivity index (χ0) is 42.4. The quantitative estimate of drug-likeness (QED) is 0.0393. The molecule has 6 heteroatoms. The number of hydrogen-bond donors (Lipinski definition) is 5. The fourth-order valence-corrected chi connectivity index (χ4v) is 8.64. The van der Waals surface area contributed by atoms with Crippen LogP contribution in [0.3, 0.4) is 0 Å². The number of carbonyl (C=O) groups is 1. The van der Waals surface area contributed by atoms with Crippen LogP contribution in [0.15, 0.2) is 0 Å². The second kappa shape index (κ2) is 47.4. The smallest absolute Gasteiger partial charge is 0.249 e. The summed E-state index contributed by atoms with van der Waals surface area (Å²) < 4.78 is 0. The molecule has 5 N–H and O–H groups in total. The third-order valence-corrected chi connectivity index (χ3v) is 12.8. The minimum Gasteiger partial charge on any atom is -0.394 e. The van der Waals surface area contributed by atoms with Gasteiger partial charge in [-0.3, -0.25) is 4.79 Å². The Morgan fingerprint density at radius 3 is 0.828 bits per heavy atom. The van der Waals surface area contributed by atoms with Gasteiger partial charge >= 0.3 is 0 Å². The molecule has 0 aromatic heterocycles. The number of unbranched alkanes of at least 4 members (excludes halogenated alkanes) is 40. The predicted molar refractivity (Wildman–Crippen MR) is 252 cm³/mol. The molecule has 0 heterocycles. The number of rotatable bonds is 49. The molecule has 0 rings (SSSR count). The van der Waals surface area contributed by atoms with Crippen molar-refractivity contribution in [1.82, 2.24) is 5.32 Å². The summed E-state index contributed by atoms with van der Waals surface area (Å²) in [6, 6.07) is -0.979. The summed E-state index contributed by atoms with van der Waals surface area (Å²) >= 11 is 0. The minimum absolute atomic E-state index is 0.376. The van der Waals surface area contributed by atoms with Crippen LogP contribution >= 0.6 is 0 Å². The van der Waals surface area contributed by atoms with Crippen LogP contribution in [0.4, 0.5) is 0 Å². The fourth-order valence-electron chi connectivity index (χ4n) is 8.64. The number of aliphatic hydroxyl groups is 4. The third kappa shape index (κ3) is 40.7. The zero-order valence-electron chi connectivity index (χ0n) is 39.3. The maximum atomic E-state index is 12.5. The van der Waals surface area contributed by atoms with E-state index in [1.165, 1.54) is 231 Å². The van der Waals surface area contributed by atoms with Gasteiger partial charge in [0, 0.05) is 0 Å². The Bertz CT molecular complexity index is 796. The molecule has 0 aliphatic heterocycles. The summed E-state index contributed by atoms with van der Waals surface area (Å²) in [5.41, 5.74) is 0. The van der Waals surface area contributed by atoms with E-state index in [1.54, 1.807) is 0 Å². The molecule has 0 saturated carbocycles. The van der Waals surface area contributed by atoms with Crippen molar-refractivity contribution in [2.24, 2.45) is 0 Å². The van der Waals surface area contributed by atoms with Gasteiger partial charge in [0.2, 0.25) is 5.91 Å². The molecule has 0 saturated heterocycles. The Labute approximate surface area is 362 Å². The van der Waals surface area contributed by atoms with E-state index in [0.29, 0.717) is 12.8 Å². The number of amides is 1. The summed E-state index contributed by atoms with van der Waals surface area (Å²) in [5, 5.41) is 43.8. The normalized spacial score (nSPS) is 13.8. The van der Waals surface area contributed by atoms with Gasteiger partial charge in [-0.1, -0.05) is 284 Å². The molecule has 0 aromatic rings. The average Bonchev–Trinajstić information content (AvgIpc) is 3.23. The third-order valence-electron chi connectivity index (χ3n) is 12.8. The number of aliphatic hydroxyl groups excluding tert-OH is 4. The minimum atomic E-state index is -1.25. The highest BCUT2D eigenvalue weighted by Crippen LogP contribution is 2.18. The van der Waals surface area contributed by atoms with Crippen LogP contribution in [0.2, 0.25) is 0 Å². The van der Waals surface area contributed by atoms with Gasteiger partial charge < -0.3 is 25.7 Å². The van der Waals surface area contributed by atoms with Crippen LogP contribution in [0.5, 0.6) is 0 Å². The largest absolute Gasteiger partial charge is 0.394 e. The molecule has 6 nitrogen and oxygen atoms in total. The molecule has 1 amide bonds. The first-order valence-electron chi connectivity index (χ1n) is 26.4. The van der Waals surface area contributed by atoms with Crippen molar-refractivity contribution in [2.75, 3.05) is 6.61 Å². The van der Waals surface area contributed by atoms with Crippen LogP contribution in [-0.2, 0) is 4.79 Å². The highest BCUT2D eigenvalue weighted by Gasteiger charge is 2.28. The molecule has 0 aromatic carbocycles. The molecule has 0 fully saturated rings. The standard InChI is InChI=1S/C52H105NO5/c1-3-5-7-9-11-13-15-17-18-19-20-21-22-23-24-25-26-27-28-29-30-31-32-33-34-36-38-40-42-44-46-50(56)52(58)53-48(47-54)51(57)49(55)45-43-41-39-37-35-16-14-12-10-8-6-4-2/h48-51,54-57H,3-47H2,1-2H3,(H,53,58)/t48-,49?,50?,51+/m1/s1. The molecule has 0 aliphatic carbocycles. The Morgan fingerprint density at radius 2 is 0.586 bits per heavy atom. The second-order valence-corrected chi connectivity index (χ2v) is 18.6. The summed E-state index contributed by atoms with van der Waals surface area (Å²) in [6.45, 7) is 4.07. The Morgan fingerprint density at radius 1 is 0.362 bits per heavy atom. The van der Waals surface area contributed by atoms with Gasteiger partial charge in [-0.2, -0.15) is 0 Å². The molecular formula is C52H105NO5. The lowest BCUT2D eigenvalue weighted by molar-refractivity contribution is -0.132. The zero-order valence-corrected chi connectivity index (χ0v) is 39.3. The first kappa shape index (κ1) is 57.3. The lowest BCUT2D eigenvalue weighted by Crippen LogP contribution is -2.53. The first-order chi connectivity index (χ1) is 28.5. The molecule has 2 unspecified atom stereocenters. The number of carbonyl (C=O) groups excluding carboxylic acids is 1. The number of hydrogen-bond acceptors (Lipinski definition) is 5. The van der Waals surface area contributed by atoms with Gasteiger partial charge in [0.25, 0.3) is 0 Å². The van der Waals surface area contributed by atoms with Gasteiger partial charge in [0.1, 0.15) is 12.2 Å². The monoisotopic (exact) mass is 824 g/mol. The van der Waals surface area contributed by atoms with Crippen molar-refractivity contribution in [3.8, 4) is 0 Å². The van der Waals surface area contributed by atoms with Gasteiger partial charge in [0.05, 0.1) is 18.8 Å². The van der Waals surface area contributed by atoms with E-state index in [0.717, 1.165) is 38.5 Å². The van der Waals surface area contributed by atoms with E-state index in [2.05, 4.69) is 19.2 Å². The molecule has 0 aliphatic rings. The van der Waals surface area contributed by atoms with E-state index in [9.17, 15) is 25.2 Å². The molecule has 348 valence electrons. The van der Waals surface area contributed by atoms with E-state index >= 15 is 0 Å². The van der Waals surface area contributed by atoms with Crippen molar-refractivity contribution >= 4 is 5.91 Å². The van der Waals surface area contributed by atoms with Crippen LogP contribution in [0.1, 0.15) is 296 Å². The van der Waals surface area contributed by atoms with Gasteiger partial charge in [-0.25, -0.2) is 0 Å². The average molecular weight is 824 g/mol. The lowest BCUT2D eigenvalue weighted by atomic mass is 9.99. The highest BCUT2D eigenvalue weighted by molar-refractivity contribution is 5.80. The van der Waals surface area contributed by atoms with E-state index in [4.69, 9.17) is 0 Å². The van der Waals surface area contributed by atoms with Crippen LogP contribution < -0.4 is 5.32 Å². The van der Waals surface area contributed by atoms with Gasteiger partial charge in [0.15, 0.2) is 0 Å². The highest BCUT2D eigenvalue weighted by atomic mass is 16.3. The number of nitrogens with one attached hydrogen (secondary N) is 1. The van der Waals surface area contributed by atoms with Crippen molar-refractivity contribution < 1.29 is 25.2 Å². The topological polar surface area (TPSA) is 110 Å². The van der Waals surface area contributed by atoms with Crippen molar-refractivity contribution in [1.29, 1.82) is 0 Å². The predicted octanol–water partition coefficient (Wildman–Crippen LogP) is 14.8. The summed E-state index contributed by atoms with van der Waals surface area (Å²) in [4.78, 5) is 12.5. The maximum absolute atomic E-state index is 12.5. The SMILES string of the molecule is CCCCCCCCCCCCCCCCCCCCCCCCCCCCCCCCC(O)C(=O)N[C@H](CO)[C@H](O)C(O)CCCCCCCCCCCCCC. The van der Waals surface area contributed by atoms with E-state index < -0.39 is 36.9 Å². The maximum Gasteiger partial charge on any atom is 0.249 e. The lowest BCUT2D eigenvalue weighted by Gasteiger charge is -2.27. The first-order valence-corrected chi connectivity index (χ1v) is 26.4. The Hall–Kier alpha value is -0.690. The van der Waals surface area contributed by atoms with E-state index in [-0.39, 0.29) is 0 Å². The van der Waals surface area contributed by atoms with Crippen molar-refractivity contribution in [2.45, 2.75) is 321 Å². The van der Waals surface area contributed by atoms with Gasteiger partial charge in [-0.15, -0.1) is 0 Å². The van der Waals surface area contributed by atoms with Crippen LogP contribution in [0, 0.1) is 0 Å². The van der Waals surface area contributed by atoms with Crippen molar-refractivity contribution in [3.05, 3.63) is 0 Å². The summed E-state index contributed by atoms with van der Waals surface area (Å²) in [7, 11) is 0. The summed E-state index contributed by atoms with van der Waals surface area (Å²) in [5.74, 6) is -0.578. The summed E-state index contributed by atoms with van der Waals surface area (Å²) in [6.07, 6.45) is 53.2. The molecule has 4 atom stereocenters. The van der Waals surface area contributed by atoms with E-state index in [1.807, 2.05) is 0 Å². The Kier molecular flexibility index (Phi) is 46.8. The molecule has 0 spiro atoms. The second-order valence-electron chi connectivity index (χ2n) is 18.6. The molecular weight excluding hydrogens is 719 g/mol. The Balaban J connectivity index is 3.52. The van der Waals surface area contributed by atoms with Crippen LogP contribution in [-0.4, -0.2) is 57.3 Å². The molecule has 0 bridgehead atoms. The molecule has 0 radical (unpaired) electrons. The van der Waals surface area contributed by atoms with Gasteiger partial charge in [-0.05, 0) is 12.8 Å². The van der Waals surface area contributed by atoms with Crippen LogP contribution in [0.25, 0.3) is 0 Å². The van der Waals surface area contributed by atoms with Crippen molar-refractivity contribution in [3.63, 3.8) is 0 Å².